The summed E-state index contributed by atoms with van der Waals surface area (Å²) in [4.78, 5) is 6.26. The summed E-state index contributed by atoms with van der Waals surface area (Å²) >= 11 is 1.17. The van der Waals surface area contributed by atoms with Crippen LogP contribution in [-0.2, 0) is 6.54 Å². The summed E-state index contributed by atoms with van der Waals surface area (Å²) in [7, 11) is 4.07. The van der Waals surface area contributed by atoms with E-state index in [0.717, 1.165) is 11.6 Å². The first kappa shape index (κ1) is 9.51. The van der Waals surface area contributed by atoms with E-state index in [1.165, 1.54) is 17.5 Å². The zero-order valence-electron chi connectivity index (χ0n) is 7.32. The average Bonchev–Trinajstić information content (AvgIpc) is 2.05. The van der Waals surface area contributed by atoms with Crippen molar-refractivity contribution in [1.29, 1.82) is 0 Å². The Labute approximate surface area is 77.1 Å². The van der Waals surface area contributed by atoms with E-state index in [-0.39, 0.29) is 0 Å². The molecule has 1 aromatic rings. The number of rotatable bonds is 3. The third kappa shape index (κ3) is 2.81. The second-order valence-electron chi connectivity index (χ2n) is 2.86. The molecule has 0 amide bonds. The summed E-state index contributed by atoms with van der Waals surface area (Å²) in [5, 5.41) is 6.20. The van der Waals surface area contributed by atoms with Crippen molar-refractivity contribution in [3.05, 3.63) is 23.9 Å². The van der Waals surface area contributed by atoms with E-state index in [1.807, 2.05) is 32.4 Å². The van der Waals surface area contributed by atoms with Crippen molar-refractivity contribution < 1.29 is 0 Å². The standard InChI is InChI=1S/C8H13N3S/c1-11(2)6-7-3-4-8(12-9)10-5-7/h3-5H,6,9H2,1-2H3. The Morgan fingerprint density at radius 2 is 2.25 bits per heavy atom. The van der Waals surface area contributed by atoms with Crippen LogP contribution in [0.25, 0.3) is 0 Å². The van der Waals surface area contributed by atoms with Gasteiger partial charge in [0.25, 0.3) is 0 Å². The lowest BCUT2D eigenvalue weighted by atomic mass is 10.3. The predicted molar refractivity (Wildman–Crippen MR) is 51.7 cm³/mol. The number of hydrogen-bond donors (Lipinski definition) is 1. The minimum atomic E-state index is 0.859. The second kappa shape index (κ2) is 4.45. The molecule has 2 N–H and O–H groups in total. The molecule has 0 aliphatic heterocycles. The van der Waals surface area contributed by atoms with Crippen molar-refractivity contribution >= 4 is 11.9 Å². The molecule has 0 spiro atoms. The highest BCUT2D eigenvalue weighted by Crippen LogP contribution is 2.08. The summed E-state index contributed by atoms with van der Waals surface area (Å²) in [6, 6.07) is 3.98. The topological polar surface area (TPSA) is 42.1 Å². The molecule has 1 rings (SSSR count). The largest absolute Gasteiger partial charge is 0.305 e. The van der Waals surface area contributed by atoms with Gasteiger partial charge in [-0.3, -0.25) is 5.14 Å². The molecular formula is C8H13N3S. The molecule has 0 aliphatic rings. The number of hydrogen-bond acceptors (Lipinski definition) is 4. The maximum absolute atomic E-state index is 5.34. The molecule has 0 fully saturated rings. The molecular weight excluding hydrogens is 170 g/mol. The molecule has 4 heteroatoms. The molecule has 0 atom stereocenters. The van der Waals surface area contributed by atoms with E-state index in [4.69, 9.17) is 5.14 Å². The van der Waals surface area contributed by atoms with E-state index in [0.29, 0.717) is 0 Å². The molecule has 3 nitrogen and oxygen atoms in total. The van der Waals surface area contributed by atoms with Gasteiger partial charge in [-0.25, -0.2) is 4.98 Å². The normalized spacial score (nSPS) is 10.7. The van der Waals surface area contributed by atoms with Crippen LogP contribution in [0.1, 0.15) is 5.56 Å². The second-order valence-corrected chi connectivity index (χ2v) is 3.51. The molecule has 0 aliphatic carbocycles. The highest BCUT2D eigenvalue weighted by atomic mass is 32.2. The van der Waals surface area contributed by atoms with Crippen LogP contribution < -0.4 is 5.14 Å². The summed E-state index contributed by atoms with van der Waals surface area (Å²) in [6.45, 7) is 0.919. The zero-order valence-corrected chi connectivity index (χ0v) is 8.14. The molecule has 12 heavy (non-hydrogen) atoms. The van der Waals surface area contributed by atoms with Gasteiger partial charge in [0.15, 0.2) is 0 Å². The average molecular weight is 183 g/mol. The number of pyridine rings is 1. The third-order valence-corrected chi connectivity index (χ3v) is 1.90. The Morgan fingerprint density at radius 1 is 1.50 bits per heavy atom. The van der Waals surface area contributed by atoms with E-state index in [9.17, 15) is 0 Å². The lowest BCUT2D eigenvalue weighted by Crippen LogP contribution is -2.10. The van der Waals surface area contributed by atoms with Crippen LogP contribution in [0, 0.1) is 0 Å². The van der Waals surface area contributed by atoms with E-state index >= 15 is 0 Å². The van der Waals surface area contributed by atoms with Crippen LogP contribution in [-0.4, -0.2) is 24.0 Å². The Hall–Kier alpha value is -0.580. The van der Waals surface area contributed by atoms with Gasteiger partial charge in [0.05, 0.1) is 0 Å². The summed E-state index contributed by atoms with van der Waals surface area (Å²) in [5.74, 6) is 0. The Balaban J connectivity index is 2.65. The zero-order chi connectivity index (χ0) is 8.97. The Kier molecular flexibility index (Phi) is 3.52. The summed E-state index contributed by atoms with van der Waals surface area (Å²) in [5.41, 5.74) is 1.21. The van der Waals surface area contributed by atoms with Crippen LogP contribution >= 0.6 is 11.9 Å². The van der Waals surface area contributed by atoms with Gasteiger partial charge < -0.3 is 4.90 Å². The number of nitrogens with zero attached hydrogens (tertiary/aromatic N) is 2. The molecule has 0 saturated carbocycles. The fourth-order valence-electron chi connectivity index (χ4n) is 0.939. The molecule has 66 valence electrons. The van der Waals surface area contributed by atoms with Crippen LogP contribution in [0.3, 0.4) is 0 Å². The van der Waals surface area contributed by atoms with Crippen molar-refractivity contribution in [3.63, 3.8) is 0 Å². The van der Waals surface area contributed by atoms with E-state index < -0.39 is 0 Å². The van der Waals surface area contributed by atoms with Crippen molar-refractivity contribution in [3.8, 4) is 0 Å². The smallest absolute Gasteiger partial charge is 0.111 e. The first-order valence-electron chi connectivity index (χ1n) is 3.69. The van der Waals surface area contributed by atoms with E-state index in [1.54, 1.807) is 0 Å². The lowest BCUT2D eigenvalue weighted by Gasteiger charge is -2.08. The molecule has 0 bridgehead atoms. The van der Waals surface area contributed by atoms with Crippen LogP contribution in [0.5, 0.6) is 0 Å². The monoisotopic (exact) mass is 183 g/mol. The van der Waals surface area contributed by atoms with Gasteiger partial charge in [-0.2, -0.15) is 0 Å². The van der Waals surface area contributed by atoms with Gasteiger partial charge in [0, 0.05) is 12.7 Å². The third-order valence-electron chi connectivity index (χ3n) is 1.42. The minimum absolute atomic E-state index is 0.859. The first-order chi connectivity index (χ1) is 5.72. The van der Waals surface area contributed by atoms with Crippen molar-refractivity contribution in [2.75, 3.05) is 14.1 Å². The molecule has 1 heterocycles. The van der Waals surface area contributed by atoms with Gasteiger partial charge in [-0.15, -0.1) is 0 Å². The highest BCUT2D eigenvalue weighted by Gasteiger charge is 1.95. The predicted octanol–water partition coefficient (Wildman–Crippen LogP) is 1.11. The molecule has 0 aromatic carbocycles. The fraction of sp³-hybridized carbons (Fsp3) is 0.375. The fourth-order valence-corrected chi connectivity index (χ4v) is 1.20. The first-order valence-corrected chi connectivity index (χ1v) is 4.56. The number of aromatic nitrogens is 1. The van der Waals surface area contributed by atoms with Gasteiger partial charge in [0.1, 0.15) is 5.03 Å². The molecule has 0 radical (unpaired) electrons. The SMILES string of the molecule is CN(C)Cc1ccc(SN)nc1. The lowest BCUT2D eigenvalue weighted by molar-refractivity contribution is 0.401. The van der Waals surface area contributed by atoms with E-state index in [2.05, 4.69) is 9.88 Å². The van der Waals surface area contributed by atoms with Gasteiger partial charge in [-0.1, -0.05) is 6.07 Å². The maximum atomic E-state index is 5.34. The van der Waals surface area contributed by atoms with Crippen LogP contribution in [0.15, 0.2) is 23.4 Å². The highest BCUT2D eigenvalue weighted by molar-refractivity contribution is 7.97. The van der Waals surface area contributed by atoms with Gasteiger partial charge in [0.2, 0.25) is 0 Å². The Bertz CT molecular complexity index is 233. The molecule has 0 unspecified atom stereocenters. The summed E-state index contributed by atoms with van der Waals surface area (Å²) in [6.07, 6.45) is 1.86. The van der Waals surface area contributed by atoms with Crippen molar-refractivity contribution in [2.24, 2.45) is 5.14 Å². The van der Waals surface area contributed by atoms with Gasteiger partial charge in [-0.05, 0) is 37.7 Å². The number of nitrogens with two attached hydrogens (primary N) is 1. The minimum Gasteiger partial charge on any atom is -0.305 e. The Morgan fingerprint density at radius 3 is 2.67 bits per heavy atom. The molecule has 1 aromatic heterocycles. The maximum Gasteiger partial charge on any atom is 0.111 e. The van der Waals surface area contributed by atoms with Crippen LogP contribution in [0.2, 0.25) is 0 Å². The summed E-state index contributed by atoms with van der Waals surface area (Å²) < 4.78 is 0. The van der Waals surface area contributed by atoms with Crippen molar-refractivity contribution in [1.82, 2.24) is 9.88 Å². The molecule has 0 saturated heterocycles. The van der Waals surface area contributed by atoms with Gasteiger partial charge >= 0.3 is 0 Å². The van der Waals surface area contributed by atoms with Crippen molar-refractivity contribution in [2.45, 2.75) is 11.6 Å². The van der Waals surface area contributed by atoms with Crippen LogP contribution in [0.4, 0.5) is 0 Å². The quantitative estimate of drug-likeness (QED) is 0.713.